The van der Waals surface area contributed by atoms with E-state index in [1.165, 1.54) is 70.6 Å². The molecule has 0 fully saturated rings. The minimum Gasteiger partial charge on any atom is -0.462 e. The summed E-state index contributed by atoms with van der Waals surface area (Å²) in [7, 11) is 0. The molecule has 0 aliphatic heterocycles. The molecule has 1 unspecified atom stereocenters. The fraction of sp³-hybridized carbons (Fsp3) is 0.691. The smallest absolute Gasteiger partial charge is 0.306 e. The first-order valence-corrected chi connectivity index (χ1v) is 25.1. The molecule has 0 radical (unpaired) electrons. The third-order valence-corrected chi connectivity index (χ3v) is 10.5. The standard InChI is InChI=1S/C55H92O6/c1-4-7-10-13-16-19-22-25-28-31-33-36-39-42-45-48-54(57)60-51-52(61-55(58)49-46-43-40-37-34-30-27-24-21-18-15-12-9-6-3)50-59-53(56)47-44-41-38-35-32-29-26-23-20-17-14-11-8-5-2/h7,9-10,12-13,16,18-19,21-22,25,28-29,32,52H,4-6,8,11,14-15,17,20,23-24,26-27,30-31,33-51H2,1-3H3/b10-7-,12-9-,16-13-,21-18-,22-19-,28-25-,32-29-. The maximum atomic E-state index is 12.8. The molecule has 348 valence electrons. The number of rotatable bonds is 44. The highest BCUT2D eigenvalue weighted by molar-refractivity contribution is 5.71. The predicted octanol–water partition coefficient (Wildman–Crippen LogP) is 16.4. The molecule has 6 nitrogen and oxygen atoms in total. The first-order valence-electron chi connectivity index (χ1n) is 25.1. The molecule has 0 spiro atoms. The third-order valence-electron chi connectivity index (χ3n) is 10.5. The number of esters is 3. The maximum Gasteiger partial charge on any atom is 0.306 e. The molecule has 0 aromatic carbocycles. The molecular weight excluding hydrogens is 757 g/mol. The van der Waals surface area contributed by atoms with Gasteiger partial charge in [-0.25, -0.2) is 0 Å². The van der Waals surface area contributed by atoms with Crippen LogP contribution in [0.1, 0.15) is 226 Å². The van der Waals surface area contributed by atoms with Gasteiger partial charge in [0.15, 0.2) is 6.10 Å². The molecule has 0 bridgehead atoms. The van der Waals surface area contributed by atoms with E-state index in [2.05, 4.69) is 87.6 Å². The lowest BCUT2D eigenvalue weighted by Gasteiger charge is -2.18. The number of hydrogen-bond donors (Lipinski definition) is 0. The van der Waals surface area contributed by atoms with Crippen LogP contribution >= 0.6 is 0 Å². The summed E-state index contributed by atoms with van der Waals surface area (Å²) in [5.74, 6) is -0.945. The molecule has 0 saturated heterocycles. The molecule has 0 saturated carbocycles. The Kier molecular flexibility index (Phi) is 46.5. The molecule has 0 aromatic rings. The topological polar surface area (TPSA) is 78.9 Å². The first-order chi connectivity index (χ1) is 30.0. The van der Waals surface area contributed by atoms with Crippen LogP contribution in [0.15, 0.2) is 85.1 Å². The second-order valence-corrected chi connectivity index (χ2v) is 16.4. The lowest BCUT2D eigenvalue weighted by Crippen LogP contribution is -2.30. The van der Waals surface area contributed by atoms with Crippen LogP contribution in [-0.4, -0.2) is 37.2 Å². The monoisotopic (exact) mass is 849 g/mol. The molecular formula is C55H92O6. The van der Waals surface area contributed by atoms with Crippen LogP contribution in [0, 0.1) is 0 Å². The highest BCUT2D eigenvalue weighted by Crippen LogP contribution is 2.14. The van der Waals surface area contributed by atoms with E-state index in [0.29, 0.717) is 19.3 Å². The van der Waals surface area contributed by atoms with Crippen LogP contribution in [0.25, 0.3) is 0 Å². The van der Waals surface area contributed by atoms with Gasteiger partial charge >= 0.3 is 17.9 Å². The Hall–Kier alpha value is -3.41. The van der Waals surface area contributed by atoms with Crippen molar-refractivity contribution in [1.29, 1.82) is 0 Å². The van der Waals surface area contributed by atoms with Crippen LogP contribution in [-0.2, 0) is 28.6 Å². The van der Waals surface area contributed by atoms with E-state index in [1.54, 1.807) is 0 Å². The van der Waals surface area contributed by atoms with E-state index in [-0.39, 0.29) is 31.1 Å². The summed E-state index contributed by atoms with van der Waals surface area (Å²) in [5.41, 5.74) is 0. The Balaban J connectivity index is 4.46. The Morgan fingerprint density at radius 2 is 0.721 bits per heavy atom. The molecule has 0 aromatic heterocycles. The molecule has 0 aliphatic carbocycles. The number of ether oxygens (including phenoxy) is 3. The summed E-state index contributed by atoms with van der Waals surface area (Å²) in [6.45, 7) is 6.34. The summed E-state index contributed by atoms with van der Waals surface area (Å²) in [6, 6.07) is 0. The van der Waals surface area contributed by atoms with Gasteiger partial charge in [0, 0.05) is 19.3 Å². The summed E-state index contributed by atoms with van der Waals surface area (Å²) < 4.78 is 16.7. The van der Waals surface area contributed by atoms with Crippen molar-refractivity contribution in [3.05, 3.63) is 85.1 Å². The second-order valence-electron chi connectivity index (χ2n) is 16.4. The van der Waals surface area contributed by atoms with Gasteiger partial charge in [0.2, 0.25) is 0 Å². The minimum absolute atomic E-state index is 0.0962. The van der Waals surface area contributed by atoms with Crippen LogP contribution in [0.4, 0.5) is 0 Å². The maximum absolute atomic E-state index is 12.8. The fourth-order valence-electron chi connectivity index (χ4n) is 6.72. The molecule has 6 heteroatoms. The van der Waals surface area contributed by atoms with Crippen molar-refractivity contribution >= 4 is 17.9 Å². The molecule has 0 rings (SSSR count). The lowest BCUT2D eigenvalue weighted by molar-refractivity contribution is -0.167. The van der Waals surface area contributed by atoms with Gasteiger partial charge in [0.25, 0.3) is 0 Å². The quantitative estimate of drug-likeness (QED) is 0.0200. The van der Waals surface area contributed by atoms with Crippen molar-refractivity contribution in [3.8, 4) is 0 Å². The van der Waals surface area contributed by atoms with Crippen molar-refractivity contribution in [3.63, 3.8) is 0 Å². The zero-order valence-electron chi connectivity index (χ0n) is 39.7. The summed E-state index contributed by atoms with van der Waals surface area (Å²) in [5, 5.41) is 0. The van der Waals surface area contributed by atoms with Crippen molar-refractivity contribution in [2.45, 2.75) is 232 Å². The Morgan fingerprint density at radius 1 is 0.361 bits per heavy atom. The second kappa shape index (κ2) is 49.2. The van der Waals surface area contributed by atoms with E-state index in [0.717, 1.165) is 116 Å². The van der Waals surface area contributed by atoms with E-state index < -0.39 is 6.10 Å². The minimum atomic E-state index is -0.796. The van der Waals surface area contributed by atoms with Crippen LogP contribution in [0.3, 0.4) is 0 Å². The zero-order chi connectivity index (χ0) is 44.4. The highest BCUT2D eigenvalue weighted by atomic mass is 16.6. The summed E-state index contributed by atoms with van der Waals surface area (Å²) in [4.78, 5) is 37.9. The van der Waals surface area contributed by atoms with Crippen LogP contribution < -0.4 is 0 Å². The van der Waals surface area contributed by atoms with Crippen LogP contribution in [0.2, 0.25) is 0 Å². The average molecular weight is 849 g/mol. The number of allylic oxidation sites excluding steroid dienone is 14. The molecule has 61 heavy (non-hydrogen) atoms. The first kappa shape index (κ1) is 57.6. The number of hydrogen-bond acceptors (Lipinski definition) is 6. The van der Waals surface area contributed by atoms with Crippen molar-refractivity contribution < 1.29 is 28.6 Å². The van der Waals surface area contributed by atoms with E-state index >= 15 is 0 Å². The molecule has 0 N–H and O–H groups in total. The van der Waals surface area contributed by atoms with E-state index in [1.807, 2.05) is 18.2 Å². The van der Waals surface area contributed by atoms with Crippen molar-refractivity contribution in [2.24, 2.45) is 0 Å². The van der Waals surface area contributed by atoms with Gasteiger partial charge in [0.1, 0.15) is 13.2 Å². The average Bonchev–Trinajstić information content (AvgIpc) is 3.26. The van der Waals surface area contributed by atoms with Crippen molar-refractivity contribution in [1.82, 2.24) is 0 Å². The van der Waals surface area contributed by atoms with Crippen molar-refractivity contribution in [2.75, 3.05) is 13.2 Å². The summed E-state index contributed by atoms with van der Waals surface area (Å²) in [6.07, 6.45) is 62.8. The molecule has 0 heterocycles. The highest BCUT2D eigenvalue weighted by Gasteiger charge is 2.19. The Bertz CT molecular complexity index is 1200. The predicted molar refractivity (Wildman–Crippen MR) is 261 cm³/mol. The van der Waals surface area contributed by atoms with Crippen LogP contribution in [0.5, 0.6) is 0 Å². The number of carbonyl (C=O) groups is 3. The fourth-order valence-corrected chi connectivity index (χ4v) is 6.72. The van der Waals surface area contributed by atoms with Gasteiger partial charge < -0.3 is 14.2 Å². The SMILES string of the molecule is CC\C=C/C=C\C=C/C=C\CCCCCCCC(=O)OCC(COC(=O)CCCCC/C=C\CCCCCCCCC)OC(=O)CCCCCCCCC/C=C\C/C=C\CC. The van der Waals surface area contributed by atoms with E-state index in [4.69, 9.17) is 14.2 Å². The van der Waals surface area contributed by atoms with Gasteiger partial charge in [-0.1, -0.05) is 202 Å². The zero-order valence-corrected chi connectivity index (χ0v) is 39.7. The van der Waals surface area contributed by atoms with Gasteiger partial charge in [-0.3, -0.25) is 14.4 Å². The largest absolute Gasteiger partial charge is 0.462 e. The molecule has 1 atom stereocenters. The van der Waals surface area contributed by atoms with Gasteiger partial charge in [0.05, 0.1) is 0 Å². The van der Waals surface area contributed by atoms with E-state index in [9.17, 15) is 14.4 Å². The van der Waals surface area contributed by atoms with Gasteiger partial charge in [-0.15, -0.1) is 0 Å². The molecule has 0 aliphatic rings. The van der Waals surface area contributed by atoms with Gasteiger partial charge in [-0.05, 0) is 89.9 Å². The lowest BCUT2D eigenvalue weighted by atomic mass is 10.1. The third kappa shape index (κ3) is 47.5. The number of carbonyl (C=O) groups excluding carboxylic acids is 3. The Labute approximate surface area is 375 Å². The normalized spacial score (nSPS) is 12.8. The molecule has 0 amide bonds. The van der Waals surface area contributed by atoms with Gasteiger partial charge in [-0.2, -0.15) is 0 Å². The summed E-state index contributed by atoms with van der Waals surface area (Å²) >= 11 is 0. The number of unbranched alkanes of at least 4 members (excludes halogenated alkanes) is 22. The Morgan fingerprint density at radius 3 is 1.21 bits per heavy atom.